The van der Waals surface area contributed by atoms with Crippen LogP contribution in [0.2, 0.25) is 0 Å². The SMILES string of the molecule is C=CCn1ncc(NC(C)(CC)CO)c(Br)c1=O. The zero-order chi connectivity index (χ0) is 13.8. The lowest BCUT2D eigenvalue weighted by Crippen LogP contribution is -2.39. The second-order valence-electron chi connectivity index (χ2n) is 4.35. The number of aliphatic hydroxyl groups is 1. The van der Waals surface area contributed by atoms with Crippen LogP contribution in [0.1, 0.15) is 20.3 Å². The Labute approximate surface area is 115 Å². The maximum Gasteiger partial charge on any atom is 0.283 e. The van der Waals surface area contributed by atoms with E-state index in [0.29, 0.717) is 16.7 Å². The van der Waals surface area contributed by atoms with E-state index in [4.69, 9.17) is 0 Å². The number of rotatable bonds is 6. The molecule has 0 saturated carbocycles. The third-order valence-corrected chi connectivity index (χ3v) is 3.62. The number of allylic oxidation sites excluding steroid dienone is 1. The van der Waals surface area contributed by atoms with Crippen LogP contribution in [0, 0.1) is 0 Å². The average Bonchev–Trinajstić information content (AvgIpc) is 2.38. The highest BCUT2D eigenvalue weighted by atomic mass is 79.9. The van der Waals surface area contributed by atoms with E-state index in [1.165, 1.54) is 4.68 Å². The molecule has 0 aliphatic carbocycles. The van der Waals surface area contributed by atoms with Gasteiger partial charge in [0, 0.05) is 0 Å². The van der Waals surface area contributed by atoms with Crippen molar-refractivity contribution in [1.29, 1.82) is 0 Å². The van der Waals surface area contributed by atoms with Gasteiger partial charge in [-0.2, -0.15) is 5.10 Å². The van der Waals surface area contributed by atoms with Crippen LogP contribution >= 0.6 is 15.9 Å². The molecule has 18 heavy (non-hydrogen) atoms. The Bertz CT molecular complexity index is 481. The van der Waals surface area contributed by atoms with Gasteiger partial charge in [0.25, 0.3) is 5.56 Å². The van der Waals surface area contributed by atoms with E-state index in [0.717, 1.165) is 6.42 Å². The summed E-state index contributed by atoms with van der Waals surface area (Å²) in [6.07, 6.45) is 3.90. The van der Waals surface area contributed by atoms with Crippen molar-refractivity contribution >= 4 is 21.6 Å². The Morgan fingerprint density at radius 3 is 2.89 bits per heavy atom. The van der Waals surface area contributed by atoms with E-state index >= 15 is 0 Å². The first-order chi connectivity index (χ1) is 8.47. The molecule has 0 amide bonds. The molecule has 1 heterocycles. The van der Waals surface area contributed by atoms with Gasteiger partial charge in [-0.25, -0.2) is 4.68 Å². The van der Waals surface area contributed by atoms with E-state index in [-0.39, 0.29) is 12.2 Å². The largest absolute Gasteiger partial charge is 0.394 e. The number of nitrogens with zero attached hydrogens (tertiary/aromatic N) is 2. The monoisotopic (exact) mass is 315 g/mol. The molecule has 0 aliphatic heterocycles. The molecule has 5 nitrogen and oxygen atoms in total. The molecule has 1 aromatic rings. The number of hydrogen-bond donors (Lipinski definition) is 2. The topological polar surface area (TPSA) is 67.2 Å². The summed E-state index contributed by atoms with van der Waals surface area (Å²) in [6.45, 7) is 7.76. The minimum absolute atomic E-state index is 0.0221. The van der Waals surface area contributed by atoms with Crippen LogP contribution < -0.4 is 10.9 Å². The molecule has 6 heteroatoms. The number of aliphatic hydroxyl groups excluding tert-OH is 1. The van der Waals surface area contributed by atoms with E-state index in [1.807, 2.05) is 13.8 Å². The molecule has 1 aromatic heterocycles. The maximum atomic E-state index is 11.9. The molecule has 0 saturated heterocycles. The van der Waals surface area contributed by atoms with Crippen LogP contribution in [-0.2, 0) is 6.54 Å². The summed E-state index contributed by atoms with van der Waals surface area (Å²) in [4.78, 5) is 11.9. The van der Waals surface area contributed by atoms with Gasteiger partial charge >= 0.3 is 0 Å². The number of anilines is 1. The highest BCUT2D eigenvalue weighted by molar-refractivity contribution is 9.10. The van der Waals surface area contributed by atoms with Gasteiger partial charge in [-0.1, -0.05) is 13.0 Å². The van der Waals surface area contributed by atoms with Crippen LogP contribution in [-0.4, -0.2) is 27.0 Å². The minimum Gasteiger partial charge on any atom is -0.394 e. The molecule has 0 fully saturated rings. The van der Waals surface area contributed by atoms with Crippen LogP contribution in [0.5, 0.6) is 0 Å². The van der Waals surface area contributed by atoms with Gasteiger partial charge in [-0.3, -0.25) is 4.79 Å². The molecule has 0 spiro atoms. The Hall–Kier alpha value is -1.14. The summed E-state index contributed by atoms with van der Waals surface area (Å²) in [7, 11) is 0. The molecular weight excluding hydrogens is 298 g/mol. The maximum absolute atomic E-state index is 11.9. The van der Waals surface area contributed by atoms with Crippen molar-refractivity contribution in [2.75, 3.05) is 11.9 Å². The predicted octanol–water partition coefficient (Wildman–Crippen LogP) is 1.76. The lowest BCUT2D eigenvalue weighted by atomic mass is 10.0. The van der Waals surface area contributed by atoms with Crippen molar-refractivity contribution in [3.8, 4) is 0 Å². The fraction of sp³-hybridized carbons (Fsp3) is 0.500. The molecule has 0 aliphatic rings. The molecule has 1 atom stereocenters. The average molecular weight is 316 g/mol. The van der Waals surface area contributed by atoms with Crippen LogP contribution in [0.3, 0.4) is 0 Å². The number of halogens is 1. The van der Waals surface area contributed by atoms with Crippen molar-refractivity contribution in [2.45, 2.75) is 32.4 Å². The fourth-order valence-corrected chi connectivity index (χ4v) is 1.78. The molecule has 2 N–H and O–H groups in total. The summed E-state index contributed by atoms with van der Waals surface area (Å²) in [5.74, 6) is 0. The van der Waals surface area contributed by atoms with Gasteiger partial charge in [-0.15, -0.1) is 6.58 Å². The Morgan fingerprint density at radius 2 is 2.39 bits per heavy atom. The summed E-state index contributed by atoms with van der Waals surface area (Å²) < 4.78 is 1.72. The summed E-state index contributed by atoms with van der Waals surface area (Å²) in [5.41, 5.74) is -0.114. The molecule has 0 radical (unpaired) electrons. The molecule has 1 unspecified atom stereocenters. The van der Waals surface area contributed by atoms with Gasteiger partial charge < -0.3 is 10.4 Å². The van der Waals surface area contributed by atoms with E-state index < -0.39 is 5.54 Å². The van der Waals surface area contributed by atoms with Crippen LogP contribution in [0.4, 0.5) is 5.69 Å². The zero-order valence-corrected chi connectivity index (χ0v) is 12.2. The predicted molar refractivity (Wildman–Crippen MR) is 75.8 cm³/mol. The van der Waals surface area contributed by atoms with Gasteiger partial charge in [-0.05, 0) is 29.3 Å². The summed E-state index contributed by atoms with van der Waals surface area (Å²) in [5, 5.41) is 16.5. The van der Waals surface area contributed by atoms with Crippen LogP contribution in [0.15, 0.2) is 28.1 Å². The fourth-order valence-electron chi connectivity index (χ4n) is 1.37. The first kappa shape index (κ1) is 14.9. The quantitative estimate of drug-likeness (QED) is 0.785. The Morgan fingerprint density at radius 1 is 1.72 bits per heavy atom. The van der Waals surface area contributed by atoms with Crippen molar-refractivity contribution in [3.05, 3.63) is 33.7 Å². The van der Waals surface area contributed by atoms with Crippen molar-refractivity contribution in [2.24, 2.45) is 0 Å². The van der Waals surface area contributed by atoms with Crippen molar-refractivity contribution in [3.63, 3.8) is 0 Å². The van der Waals surface area contributed by atoms with Crippen molar-refractivity contribution < 1.29 is 5.11 Å². The minimum atomic E-state index is -0.471. The number of nitrogens with one attached hydrogen (secondary N) is 1. The molecule has 0 bridgehead atoms. The number of aromatic nitrogens is 2. The van der Waals surface area contributed by atoms with Crippen molar-refractivity contribution in [1.82, 2.24) is 9.78 Å². The molecule has 1 rings (SSSR count). The first-order valence-corrected chi connectivity index (χ1v) is 6.52. The second kappa shape index (κ2) is 6.15. The third-order valence-electron chi connectivity index (χ3n) is 2.85. The first-order valence-electron chi connectivity index (χ1n) is 5.73. The lowest BCUT2D eigenvalue weighted by molar-refractivity contribution is 0.219. The van der Waals surface area contributed by atoms with Crippen LogP contribution in [0.25, 0.3) is 0 Å². The standard InChI is InChI=1S/C12H18BrN3O2/c1-4-6-16-11(18)10(13)9(7-14-16)15-12(3,5-2)8-17/h4,7,15,17H,1,5-6,8H2,2-3H3. The van der Waals surface area contributed by atoms with Gasteiger partial charge in [0.15, 0.2) is 0 Å². The van der Waals surface area contributed by atoms with E-state index in [2.05, 4.69) is 32.9 Å². The van der Waals surface area contributed by atoms with E-state index in [1.54, 1.807) is 12.3 Å². The summed E-state index contributed by atoms with van der Waals surface area (Å²) in [6, 6.07) is 0. The van der Waals surface area contributed by atoms with Gasteiger partial charge in [0.2, 0.25) is 0 Å². The molecular formula is C12H18BrN3O2. The van der Waals surface area contributed by atoms with Gasteiger partial charge in [0.1, 0.15) is 4.47 Å². The van der Waals surface area contributed by atoms with E-state index in [9.17, 15) is 9.90 Å². The summed E-state index contributed by atoms with van der Waals surface area (Å²) >= 11 is 3.26. The normalized spacial score (nSPS) is 14.0. The third kappa shape index (κ3) is 3.20. The lowest BCUT2D eigenvalue weighted by Gasteiger charge is -2.28. The smallest absolute Gasteiger partial charge is 0.283 e. The highest BCUT2D eigenvalue weighted by Crippen LogP contribution is 2.22. The van der Waals surface area contributed by atoms with Gasteiger partial charge in [0.05, 0.1) is 30.6 Å². The molecule has 0 aromatic carbocycles. The Balaban J connectivity index is 3.09. The number of hydrogen-bond acceptors (Lipinski definition) is 4. The Kier molecular flexibility index (Phi) is 5.10. The highest BCUT2D eigenvalue weighted by Gasteiger charge is 2.22. The molecule has 100 valence electrons. The second-order valence-corrected chi connectivity index (χ2v) is 5.14. The zero-order valence-electron chi connectivity index (χ0n) is 10.6.